The summed E-state index contributed by atoms with van der Waals surface area (Å²) in [5.41, 5.74) is 6.40. The molecule has 0 saturated carbocycles. The first-order valence-electron chi connectivity index (χ1n) is 5.66. The van der Waals surface area contributed by atoms with Crippen molar-refractivity contribution in [3.63, 3.8) is 0 Å². The van der Waals surface area contributed by atoms with E-state index in [4.69, 9.17) is 5.73 Å². The van der Waals surface area contributed by atoms with Gasteiger partial charge in [0.15, 0.2) is 16.7 Å². The van der Waals surface area contributed by atoms with Gasteiger partial charge in [0.25, 0.3) is 10.0 Å². The molecule has 0 aromatic carbocycles. The molecule has 0 aliphatic carbocycles. The fraction of sp³-hybridized carbons (Fsp3) is 0.400. The Labute approximate surface area is 111 Å². The van der Waals surface area contributed by atoms with Crippen molar-refractivity contribution in [1.82, 2.24) is 19.7 Å². The van der Waals surface area contributed by atoms with E-state index >= 15 is 0 Å². The number of aromatic amines is 1. The molecule has 0 saturated heterocycles. The molecule has 0 spiro atoms. The number of aryl methyl sites for hydroxylation is 1. The van der Waals surface area contributed by atoms with Gasteiger partial charge in [-0.3, -0.25) is 9.82 Å². The van der Waals surface area contributed by atoms with E-state index in [1.54, 1.807) is 13.1 Å². The number of aromatic nitrogens is 4. The van der Waals surface area contributed by atoms with Crippen LogP contribution in [0.2, 0.25) is 0 Å². The Bertz CT molecular complexity index is 665. The summed E-state index contributed by atoms with van der Waals surface area (Å²) in [6, 6.07) is 1.65. The average Bonchev–Trinajstić information content (AvgIpc) is 2.85. The summed E-state index contributed by atoms with van der Waals surface area (Å²) in [6.45, 7) is 3.95. The zero-order valence-electron chi connectivity index (χ0n) is 10.9. The zero-order valence-corrected chi connectivity index (χ0v) is 11.7. The van der Waals surface area contributed by atoms with Crippen LogP contribution >= 0.6 is 0 Å². The molecule has 19 heavy (non-hydrogen) atoms. The molecule has 0 amide bonds. The second kappa shape index (κ2) is 4.57. The maximum absolute atomic E-state index is 12.2. The average molecular weight is 284 g/mol. The van der Waals surface area contributed by atoms with Gasteiger partial charge in [0.2, 0.25) is 0 Å². The van der Waals surface area contributed by atoms with Crippen LogP contribution in [0.5, 0.6) is 0 Å². The minimum Gasteiger partial charge on any atom is -0.381 e. The summed E-state index contributed by atoms with van der Waals surface area (Å²) in [5, 5.41) is 6.60. The number of nitrogens with two attached hydrogens (primary N) is 1. The minimum absolute atomic E-state index is 0.0466. The van der Waals surface area contributed by atoms with Crippen LogP contribution in [0.1, 0.15) is 25.5 Å². The van der Waals surface area contributed by atoms with Crippen molar-refractivity contribution in [3.05, 3.63) is 18.1 Å². The van der Waals surface area contributed by atoms with E-state index in [0.717, 1.165) is 5.69 Å². The molecule has 0 aliphatic heterocycles. The molecule has 0 radical (unpaired) electrons. The maximum atomic E-state index is 12.2. The molecule has 2 heterocycles. The van der Waals surface area contributed by atoms with Crippen LogP contribution < -0.4 is 10.5 Å². The van der Waals surface area contributed by atoms with Crippen LogP contribution in [0.25, 0.3) is 0 Å². The number of hydrogen-bond donors (Lipinski definition) is 3. The quantitative estimate of drug-likeness (QED) is 0.761. The van der Waals surface area contributed by atoms with E-state index in [0.29, 0.717) is 0 Å². The molecule has 9 heteroatoms. The first kappa shape index (κ1) is 13.4. The van der Waals surface area contributed by atoms with Gasteiger partial charge in [-0.05, 0) is 5.92 Å². The monoisotopic (exact) mass is 284 g/mol. The number of nitrogens with zero attached hydrogens (tertiary/aromatic N) is 3. The normalized spacial score (nSPS) is 12.0. The van der Waals surface area contributed by atoms with Gasteiger partial charge >= 0.3 is 0 Å². The van der Waals surface area contributed by atoms with Gasteiger partial charge in [0.1, 0.15) is 0 Å². The molecule has 0 fully saturated rings. The van der Waals surface area contributed by atoms with E-state index in [-0.39, 0.29) is 22.6 Å². The highest BCUT2D eigenvalue weighted by Crippen LogP contribution is 2.20. The van der Waals surface area contributed by atoms with Crippen LogP contribution in [0.15, 0.2) is 17.4 Å². The Balaban J connectivity index is 2.31. The van der Waals surface area contributed by atoms with Crippen LogP contribution in [0.4, 0.5) is 11.6 Å². The molecule has 8 nitrogen and oxygen atoms in total. The molecule has 0 bridgehead atoms. The first-order valence-corrected chi connectivity index (χ1v) is 7.14. The molecule has 4 N–H and O–H groups in total. The van der Waals surface area contributed by atoms with E-state index in [1.165, 1.54) is 10.9 Å². The Hall–Kier alpha value is -2.03. The zero-order chi connectivity index (χ0) is 14.2. The van der Waals surface area contributed by atoms with Crippen LogP contribution in [0, 0.1) is 0 Å². The van der Waals surface area contributed by atoms with Crippen molar-refractivity contribution >= 4 is 21.7 Å². The third kappa shape index (κ3) is 2.55. The third-order valence-electron chi connectivity index (χ3n) is 2.62. The molecular weight excluding hydrogens is 268 g/mol. The number of nitrogen functional groups attached to an aromatic ring is 1. The number of nitrogens with one attached hydrogen (secondary N) is 2. The van der Waals surface area contributed by atoms with Gasteiger partial charge in [0, 0.05) is 18.8 Å². The Morgan fingerprint density at radius 3 is 2.63 bits per heavy atom. The van der Waals surface area contributed by atoms with Crippen LogP contribution in [-0.2, 0) is 17.1 Å². The van der Waals surface area contributed by atoms with Crippen molar-refractivity contribution in [3.8, 4) is 0 Å². The SMILES string of the molecule is CC(C)c1cc(NS(=O)(=O)c2c(N)ncn2C)n[nH]1. The Morgan fingerprint density at radius 1 is 1.47 bits per heavy atom. The number of sulfonamides is 1. The number of imidazole rings is 1. The molecule has 0 aliphatic rings. The molecule has 2 rings (SSSR count). The third-order valence-corrected chi connectivity index (χ3v) is 4.11. The van der Waals surface area contributed by atoms with Crippen molar-refractivity contribution < 1.29 is 8.42 Å². The smallest absolute Gasteiger partial charge is 0.282 e. The highest BCUT2D eigenvalue weighted by molar-refractivity contribution is 7.92. The molecule has 2 aromatic heterocycles. The molecule has 0 unspecified atom stereocenters. The van der Waals surface area contributed by atoms with E-state index in [2.05, 4.69) is 19.9 Å². The van der Waals surface area contributed by atoms with Gasteiger partial charge in [-0.1, -0.05) is 13.8 Å². The summed E-state index contributed by atoms with van der Waals surface area (Å²) in [4.78, 5) is 3.75. The fourth-order valence-corrected chi connectivity index (χ4v) is 2.87. The first-order chi connectivity index (χ1) is 8.81. The summed E-state index contributed by atoms with van der Waals surface area (Å²) in [6.07, 6.45) is 1.34. The molecular formula is C10H16N6O2S. The second-order valence-electron chi connectivity index (χ2n) is 4.51. The van der Waals surface area contributed by atoms with E-state index in [1.807, 2.05) is 13.8 Å². The Kier molecular flexibility index (Phi) is 3.23. The van der Waals surface area contributed by atoms with Crippen molar-refractivity contribution in [1.29, 1.82) is 0 Å². The van der Waals surface area contributed by atoms with Gasteiger partial charge in [0.05, 0.1) is 6.33 Å². The molecule has 2 aromatic rings. The predicted octanol–water partition coefficient (Wildman–Crippen LogP) is 0.650. The lowest BCUT2D eigenvalue weighted by Gasteiger charge is -2.06. The van der Waals surface area contributed by atoms with Crippen LogP contribution in [0.3, 0.4) is 0 Å². The van der Waals surface area contributed by atoms with Crippen molar-refractivity contribution in [2.75, 3.05) is 10.5 Å². The van der Waals surface area contributed by atoms with E-state index < -0.39 is 10.0 Å². The van der Waals surface area contributed by atoms with E-state index in [9.17, 15) is 8.42 Å². The summed E-state index contributed by atoms with van der Waals surface area (Å²) in [5.74, 6) is 0.409. The second-order valence-corrected chi connectivity index (χ2v) is 6.11. The molecule has 104 valence electrons. The predicted molar refractivity (Wildman–Crippen MR) is 71.1 cm³/mol. The van der Waals surface area contributed by atoms with Gasteiger partial charge in [-0.2, -0.15) is 13.5 Å². The number of rotatable bonds is 4. The minimum atomic E-state index is -3.80. The highest BCUT2D eigenvalue weighted by atomic mass is 32.2. The number of hydrogen-bond acceptors (Lipinski definition) is 5. The van der Waals surface area contributed by atoms with Gasteiger partial charge in [-0.25, -0.2) is 4.98 Å². The van der Waals surface area contributed by atoms with Gasteiger partial charge < -0.3 is 10.3 Å². The lowest BCUT2D eigenvalue weighted by atomic mass is 10.1. The standard InChI is InChI=1S/C10H16N6O2S/c1-6(2)7-4-8(14-13-7)15-19(17,18)10-9(11)12-5-16(10)3/h4-6H,11H2,1-3H3,(H2,13,14,15). The summed E-state index contributed by atoms with van der Waals surface area (Å²) in [7, 11) is -2.24. The fourth-order valence-electron chi connectivity index (χ4n) is 1.64. The van der Waals surface area contributed by atoms with Gasteiger partial charge in [-0.15, -0.1) is 0 Å². The molecule has 0 atom stereocenters. The summed E-state index contributed by atoms with van der Waals surface area (Å²) < 4.78 is 28.1. The Morgan fingerprint density at radius 2 is 2.16 bits per heavy atom. The number of H-pyrrole nitrogens is 1. The number of anilines is 2. The summed E-state index contributed by atoms with van der Waals surface area (Å²) >= 11 is 0. The highest BCUT2D eigenvalue weighted by Gasteiger charge is 2.23. The topological polar surface area (TPSA) is 119 Å². The lowest BCUT2D eigenvalue weighted by molar-refractivity contribution is 0.591. The lowest BCUT2D eigenvalue weighted by Crippen LogP contribution is -2.17. The largest absolute Gasteiger partial charge is 0.381 e. The van der Waals surface area contributed by atoms with Crippen molar-refractivity contribution in [2.24, 2.45) is 7.05 Å². The van der Waals surface area contributed by atoms with Crippen LogP contribution in [-0.4, -0.2) is 28.2 Å². The maximum Gasteiger partial charge on any atom is 0.282 e. The van der Waals surface area contributed by atoms with Crippen molar-refractivity contribution in [2.45, 2.75) is 24.8 Å².